The molecule has 0 fully saturated rings. The van der Waals surface area contributed by atoms with Gasteiger partial charge in [-0.15, -0.1) is 0 Å². The van der Waals surface area contributed by atoms with Crippen LogP contribution in [0.5, 0.6) is 0 Å². The van der Waals surface area contributed by atoms with Crippen molar-refractivity contribution in [2.75, 3.05) is 5.32 Å². The average Bonchev–Trinajstić information content (AvgIpc) is 2.34. The van der Waals surface area contributed by atoms with Crippen LogP contribution in [0.2, 0.25) is 0 Å². The number of hydrogen-bond donors (Lipinski definition) is 1. The van der Waals surface area contributed by atoms with Crippen LogP contribution in [-0.4, -0.2) is 5.91 Å². The summed E-state index contributed by atoms with van der Waals surface area (Å²) < 4.78 is 13.7. The number of hydrogen-bond acceptors (Lipinski definition) is 1. The molecule has 0 aromatic heterocycles. The van der Waals surface area contributed by atoms with Gasteiger partial charge in [-0.1, -0.05) is 18.2 Å². The number of aryl methyl sites for hydroxylation is 2. The fourth-order valence-corrected chi connectivity index (χ4v) is 1.88. The van der Waals surface area contributed by atoms with Crippen molar-refractivity contribution in [3.05, 3.63) is 64.5 Å². The van der Waals surface area contributed by atoms with E-state index in [4.69, 9.17) is 0 Å². The quantitative estimate of drug-likeness (QED) is 0.865. The van der Waals surface area contributed by atoms with E-state index in [9.17, 15) is 9.18 Å². The molecule has 2 rings (SSSR count). The number of rotatable bonds is 2. The second-order valence-electron chi connectivity index (χ2n) is 4.68. The Kier molecular flexibility index (Phi) is 3.65. The molecule has 98 valence electrons. The molecule has 0 atom stereocenters. The number of carbonyl (C=O) groups is 1. The van der Waals surface area contributed by atoms with Gasteiger partial charge in [0.2, 0.25) is 0 Å². The normalized spacial score (nSPS) is 10.3. The first-order valence-corrected chi connectivity index (χ1v) is 6.13. The topological polar surface area (TPSA) is 29.1 Å². The van der Waals surface area contributed by atoms with Gasteiger partial charge in [-0.25, -0.2) is 4.39 Å². The molecule has 0 aliphatic carbocycles. The first kappa shape index (κ1) is 13.3. The predicted molar refractivity (Wildman–Crippen MR) is 75.0 cm³/mol. The highest BCUT2D eigenvalue weighted by molar-refractivity contribution is 6.04. The molecular formula is C16H16FNO. The van der Waals surface area contributed by atoms with Gasteiger partial charge >= 0.3 is 0 Å². The third-order valence-corrected chi connectivity index (χ3v) is 3.22. The summed E-state index contributed by atoms with van der Waals surface area (Å²) in [6, 6.07) is 10.2. The second kappa shape index (κ2) is 5.22. The Balaban J connectivity index is 2.28. The minimum absolute atomic E-state index is 0.0616. The van der Waals surface area contributed by atoms with Gasteiger partial charge in [0.1, 0.15) is 5.82 Å². The minimum atomic E-state index is -0.497. The van der Waals surface area contributed by atoms with Crippen molar-refractivity contribution in [3.63, 3.8) is 0 Å². The molecule has 2 aromatic carbocycles. The summed E-state index contributed by atoms with van der Waals surface area (Å²) in [5.74, 6) is -0.922. The Morgan fingerprint density at radius 3 is 2.53 bits per heavy atom. The Labute approximate surface area is 112 Å². The fraction of sp³-hybridized carbons (Fsp3) is 0.188. The summed E-state index contributed by atoms with van der Waals surface area (Å²) >= 11 is 0. The minimum Gasteiger partial charge on any atom is -0.322 e. The van der Waals surface area contributed by atoms with Crippen LogP contribution in [0.4, 0.5) is 10.1 Å². The van der Waals surface area contributed by atoms with Gasteiger partial charge in [-0.3, -0.25) is 4.79 Å². The molecule has 0 heterocycles. The van der Waals surface area contributed by atoms with Crippen LogP contribution < -0.4 is 5.32 Å². The smallest absolute Gasteiger partial charge is 0.258 e. The van der Waals surface area contributed by atoms with E-state index in [1.165, 1.54) is 12.1 Å². The van der Waals surface area contributed by atoms with Crippen LogP contribution in [0, 0.1) is 26.6 Å². The molecule has 1 N–H and O–H groups in total. The Morgan fingerprint density at radius 2 is 1.84 bits per heavy atom. The van der Waals surface area contributed by atoms with E-state index in [0.717, 1.165) is 16.7 Å². The molecule has 0 unspecified atom stereocenters. The van der Waals surface area contributed by atoms with Crippen molar-refractivity contribution in [3.8, 4) is 0 Å². The molecule has 0 aliphatic rings. The monoisotopic (exact) mass is 257 g/mol. The van der Waals surface area contributed by atoms with Crippen molar-refractivity contribution in [1.29, 1.82) is 0 Å². The van der Waals surface area contributed by atoms with Crippen molar-refractivity contribution >= 4 is 11.6 Å². The molecule has 2 nitrogen and oxygen atoms in total. The molecule has 0 saturated heterocycles. The maximum Gasteiger partial charge on any atom is 0.258 e. The number of carbonyl (C=O) groups excluding carboxylic acids is 1. The second-order valence-corrected chi connectivity index (χ2v) is 4.68. The summed E-state index contributed by atoms with van der Waals surface area (Å²) in [6.07, 6.45) is 0. The van der Waals surface area contributed by atoms with E-state index in [1.807, 2.05) is 32.0 Å². The number of halogens is 1. The molecule has 0 aliphatic heterocycles. The molecule has 0 bridgehead atoms. The Hall–Kier alpha value is -2.16. The van der Waals surface area contributed by atoms with E-state index in [2.05, 4.69) is 5.32 Å². The van der Waals surface area contributed by atoms with Crippen molar-refractivity contribution in [2.24, 2.45) is 0 Å². The van der Waals surface area contributed by atoms with Crippen molar-refractivity contribution in [2.45, 2.75) is 20.8 Å². The van der Waals surface area contributed by atoms with E-state index >= 15 is 0 Å². The van der Waals surface area contributed by atoms with Gasteiger partial charge in [0, 0.05) is 5.69 Å². The highest BCUT2D eigenvalue weighted by atomic mass is 19.1. The zero-order valence-electron chi connectivity index (χ0n) is 11.3. The maximum atomic E-state index is 13.7. The van der Waals surface area contributed by atoms with E-state index < -0.39 is 11.7 Å². The first-order valence-electron chi connectivity index (χ1n) is 6.13. The summed E-state index contributed by atoms with van der Waals surface area (Å²) in [4.78, 5) is 12.1. The largest absolute Gasteiger partial charge is 0.322 e. The van der Waals surface area contributed by atoms with Crippen LogP contribution in [0.15, 0.2) is 36.4 Å². The lowest BCUT2D eigenvalue weighted by molar-refractivity contribution is 0.102. The first-order chi connectivity index (χ1) is 8.99. The number of anilines is 1. The van der Waals surface area contributed by atoms with Gasteiger partial charge in [0.25, 0.3) is 5.91 Å². The molecule has 3 heteroatoms. The lowest BCUT2D eigenvalue weighted by atomic mass is 10.1. The van der Waals surface area contributed by atoms with Crippen LogP contribution in [-0.2, 0) is 0 Å². The highest BCUT2D eigenvalue weighted by Gasteiger charge is 2.13. The van der Waals surface area contributed by atoms with Crippen molar-refractivity contribution < 1.29 is 9.18 Å². The molecule has 2 aromatic rings. The molecular weight excluding hydrogens is 241 g/mol. The lowest BCUT2D eigenvalue weighted by Crippen LogP contribution is -2.14. The Morgan fingerprint density at radius 1 is 1.11 bits per heavy atom. The molecule has 0 saturated carbocycles. The van der Waals surface area contributed by atoms with E-state index in [0.29, 0.717) is 5.69 Å². The van der Waals surface area contributed by atoms with Gasteiger partial charge < -0.3 is 5.32 Å². The van der Waals surface area contributed by atoms with Crippen LogP contribution in [0.3, 0.4) is 0 Å². The third-order valence-electron chi connectivity index (χ3n) is 3.22. The summed E-state index contributed by atoms with van der Waals surface area (Å²) in [6.45, 7) is 5.68. The van der Waals surface area contributed by atoms with Crippen molar-refractivity contribution in [1.82, 2.24) is 0 Å². The standard InChI is InChI=1S/C16H16FNO/c1-10-7-8-13(14(17)9-10)16(19)18-15-6-4-5-11(2)12(15)3/h4-9H,1-3H3,(H,18,19). The highest BCUT2D eigenvalue weighted by Crippen LogP contribution is 2.19. The van der Waals surface area contributed by atoms with Gasteiger partial charge in [-0.05, 0) is 55.7 Å². The van der Waals surface area contributed by atoms with Crippen LogP contribution >= 0.6 is 0 Å². The summed E-state index contributed by atoms with van der Waals surface area (Å²) in [5.41, 5.74) is 3.64. The molecule has 0 spiro atoms. The molecule has 0 radical (unpaired) electrons. The number of amides is 1. The van der Waals surface area contributed by atoms with Gasteiger partial charge in [-0.2, -0.15) is 0 Å². The average molecular weight is 257 g/mol. The number of benzene rings is 2. The SMILES string of the molecule is Cc1ccc(C(=O)Nc2cccc(C)c2C)c(F)c1. The summed E-state index contributed by atoms with van der Waals surface area (Å²) in [7, 11) is 0. The zero-order valence-corrected chi connectivity index (χ0v) is 11.3. The summed E-state index contributed by atoms with van der Waals surface area (Å²) in [5, 5.41) is 2.75. The number of nitrogens with one attached hydrogen (secondary N) is 1. The predicted octanol–water partition coefficient (Wildman–Crippen LogP) is 4.00. The van der Waals surface area contributed by atoms with Gasteiger partial charge in [0.05, 0.1) is 5.56 Å². The van der Waals surface area contributed by atoms with Crippen LogP contribution in [0.1, 0.15) is 27.0 Å². The third kappa shape index (κ3) is 2.81. The van der Waals surface area contributed by atoms with Gasteiger partial charge in [0.15, 0.2) is 0 Å². The molecule has 1 amide bonds. The van der Waals surface area contributed by atoms with E-state index in [-0.39, 0.29) is 5.56 Å². The maximum absolute atomic E-state index is 13.7. The molecule has 19 heavy (non-hydrogen) atoms. The fourth-order valence-electron chi connectivity index (χ4n) is 1.88. The Bertz CT molecular complexity index is 635. The van der Waals surface area contributed by atoms with Crippen LogP contribution in [0.25, 0.3) is 0 Å². The van der Waals surface area contributed by atoms with E-state index in [1.54, 1.807) is 13.0 Å². The zero-order chi connectivity index (χ0) is 14.0. The lowest BCUT2D eigenvalue weighted by Gasteiger charge is -2.11.